The highest BCUT2D eigenvalue weighted by Gasteiger charge is 2.24. The van der Waals surface area contributed by atoms with Crippen LogP contribution >= 0.6 is 22.6 Å². The number of aromatic nitrogens is 4. The first-order chi connectivity index (χ1) is 17.4. The lowest BCUT2D eigenvalue weighted by Crippen LogP contribution is -2.45. The van der Waals surface area contributed by atoms with Gasteiger partial charge in [-0.2, -0.15) is 4.98 Å². The van der Waals surface area contributed by atoms with Gasteiger partial charge >= 0.3 is 0 Å². The molecule has 8 heteroatoms. The Kier molecular flexibility index (Phi) is 7.16. The summed E-state index contributed by atoms with van der Waals surface area (Å²) < 4.78 is 3.16. The predicted octanol–water partition coefficient (Wildman–Crippen LogP) is 5.66. The molecule has 1 aromatic carbocycles. The van der Waals surface area contributed by atoms with Crippen molar-refractivity contribution in [2.24, 2.45) is 0 Å². The van der Waals surface area contributed by atoms with E-state index in [9.17, 15) is 0 Å². The smallest absolute Gasteiger partial charge is 0.236 e. The van der Waals surface area contributed by atoms with Crippen molar-refractivity contribution < 1.29 is 0 Å². The second-order valence-electron chi connectivity index (χ2n) is 9.71. The molecule has 5 rings (SSSR count). The van der Waals surface area contributed by atoms with Crippen molar-refractivity contribution >= 4 is 45.1 Å². The van der Waals surface area contributed by atoms with Crippen molar-refractivity contribution in [3.8, 4) is 5.95 Å². The van der Waals surface area contributed by atoms with Crippen molar-refractivity contribution in [1.29, 1.82) is 0 Å². The number of hydrogen-bond donors (Lipinski definition) is 1. The van der Waals surface area contributed by atoms with E-state index in [1.54, 1.807) is 0 Å². The number of pyridine rings is 1. The summed E-state index contributed by atoms with van der Waals surface area (Å²) in [5.41, 5.74) is 5.49. The highest BCUT2D eigenvalue weighted by Crippen LogP contribution is 2.34. The summed E-state index contributed by atoms with van der Waals surface area (Å²) in [5, 5.41) is 4.96. The number of rotatable bonds is 6. The molecular formula is C28H34IN7. The minimum Gasteiger partial charge on any atom is -0.362 e. The number of benzene rings is 1. The second kappa shape index (κ2) is 10.3. The number of fused-ring (bicyclic) bond motifs is 1. The molecule has 1 N–H and O–H groups in total. The van der Waals surface area contributed by atoms with Gasteiger partial charge < -0.3 is 15.1 Å². The highest BCUT2D eigenvalue weighted by molar-refractivity contribution is 14.1. The maximum atomic E-state index is 5.18. The van der Waals surface area contributed by atoms with Crippen LogP contribution < -0.4 is 10.2 Å². The van der Waals surface area contributed by atoms with Crippen molar-refractivity contribution in [1.82, 2.24) is 24.4 Å². The number of anilines is 2. The summed E-state index contributed by atoms with van der Waals surface area (Å²) in [6.45, 7) is 12.5. The fourth-order valence-electron chi connectivity index (χ4n) is 4.94. The topological polar surface area (TPSA) is 62.1 Å². The van der Waals surface area contributed by atoms with Crippen LogP contribution in [0.1, 0.15) is 42.0 Å². The standard InChI is InChI=1S/C28H34IN7/c1-6-23(31-26-25(29)20(4)30-28(33-26)36-18(2)11-12-19(36)3)22-17-21-9-7-8-10-24(21)32-27(22)35-15-13-34(5)14-16-35/h7-12,17,23H,6,13-16H2,1-5H3,(H,30,31,33). The molecule has 1 unspecified atom stereocenters. The molecular weight excluding hydrogens is 561 g/mol. The first-order valence-electron chi connectivity index (χ1n) is 12.6. The Hall–Kier alpha value is -2.72. The number of hydrogen-bond acceptors (Lipinski definition) is 6. The summed E-state index contributed by atoms with van der Waals surface area (Å²) in [4.78, 5) is 19.8. The van der Waals surface area contributed by atoms with E-state index in [0.717, 1.165) is 70.4 Å². The molecule has 0 saturated carbocycles. The number of nitrogens with zero attached hydrogens (tertiary/aromatic N) is 6. The molecule has 0 radical (unpaired) electrons. The van der Waals surface area contributed by atoms with Crippen LogP contribution in [-0.2, 0) is 0 Å². The van der Waals surface area contributed by atoms with Crippen LogP contribution in [0.15, 0.2) is 42.5 Å². The predicted molar refractivity (Wildman–Crippen MR) is 156 cm³/mol. The maximum absolute atomic E-state index is 5.18. The zero-order valence-electron chi connectivity index (χ0n) is 21.7. The Labute approximate surface area is 227 Å². The molecule has 36 heavy (non-hydrogen) atoms. The monoisotopic (exact) mass is 595 g/mol. The second-order valence-corrected chi connectivity index (χ2v) is 10.8. The molecule has 1 saturated heterocycles. The van der Waals surface area contributed by atoms with E-state index >= 15 is 0 Å². The van der Waals surface area contributed by atoms with Gasteiger partial charge in [-0.15, -0.1) is 0 Å². The zero-order valence-corrected chi connectivity index (χ0v) is 23.9. The van der Waals surface area contributed by atoms with Crippen LogP contribution in [-0.4, -0.2) is 57.6 Å². The van der Waals surface area contributed by atoms with Crippen LogP contribution in [0, 0.1) is 24.3 Å². The average molecular weight is 596 g/mol. The number of halogens is 1. The number of likely N-dealkylation sites (N-methyl/N-ethyl adjacent to an activating group) is 1. The third kappa shape index (κ3) is 4.80. The molecule has 0 aliphatic carbocycles. The lowest BCUT2D eigenvalue weighted by Gasteiger charge is -2.35. The molecule has 7 nitrogen and oxygen atoms in total. The van der Waals surface area contributed by atoms with Crippen molar-refractivity contribution in [2.45, 2.75) is 40.2 Å². The number of aryl methyl sites for hydroxylation is 3. The molecule has 0 amide bonds. The fourth-order valence-corrected chi connectivity index (χ4v) is 5.34. The first-order valence-corrected chi connectivity index (χ1v) is 13.7. The Bertz CT molecular complexity index is 1370. The van der Waals surface area contributed by atoms with E-state index < -0.39 is 0 Å². The fraction of sp³-hybridized carbons (Fsp3) is 0.393. The normalized spacial score (nSPS) is 15.4. The van der Waals surface area contributed by atoms with Crippen molar-refractivity contribution in [3.05, 3.63) is 68.7 Å². The quantitative estimate of drug-likeness (QED) is 0.291. The third-order valence-corrected chi connectivity index (χ3v) is 8.40. The minimum atomic E-state index is 0.0688. The van der Waals surface area contributed by atoms with Crippen LogP contribution in [0.2, 0.25) is 0 Å². The molecule has 3 aromatic heterocycles. The maximum Gasteiger partial charge on any atom is 0.236 e. The van der Waals surface area contributed by atoms with Crippen LogP contribution in [0.5, 0.6) is 0 Å². The van der Waals surface area contributed by atoms with Gasteiger partial charge in [-0.25, -0.2) is 9.97 Å². The van der Waals surface area contributed by atoms with Gasteiger partial charge in [0.25, 0.3) is 0 Å². The molecule has 188 valence electrons. The molecule has 1 aliphatic heterocycles. The molecule has 0 spiro atoms. The van der Waals surface area contributed by atoms with E-state index in [4.69, 9.17) is 15.0 Å². The lowest BCUT2D eigenvalue weighted by molar-refractivity contribution is 0.311. The van der Waals surface area contributed by atoms with Crippen LogP contribution in [0.4, 0.5) is 11.6 Å². The van der Waals surface area contributed by atoms with Gasteiger partial charge in [-0.05, 0) is 81.1 Å². The Morgan fingerprint density at radius 3 is 2.33 bits per heavy atom. The summed E-state index contributed by atoms with van der Waals surface area (Å²) in [5.74, 6) is 2.66. The van der Waals surface area contributed by atoms with Crippen molar-refractivity contribution in [2.75, 3.05) is 43.4 Å². The Morgan fingerprint density at radius 2 is 1.64 bits per heavy atom. The Balaban J connectivity index is 1.58. The van der Waals surface area contributed by atoms with Gasteiger partial charge in [0.2, 0.25) is 5.95 Å². The molecule has 0 bridgehead atoms. The largest absolute Gasteiger partial charge is 0.362 e. The van der Waals surface area contributed by atoms with Gasteiger partial charge in [0.1, 0.15) is 11.6 Å². The van der Waals surface area contributed by atoms with Gasteiger partial charge in [0.15, 0.2) is 0 Å². The van der Waals surface area contributed by atoms with Gasteiger partial charge in [-0.1, -0.05) is 25.1 Å². The number of piperazine rings is 1. The molecule has 1 aliphatic rings. The Morgan fingerprint density at radius 1 is 0.944 bits per heavy atom. The number of nitrogens with one attached hydrogen (secondary N) is 1. The average Bonchev–Trinajstić information content (AvgIpc) is 3.22. The first kappa shape index (κ1) is 25.0. The van der Waals surface area contributed by atoms with Gasteiger partial charge in [0.05, 0.1) is 20.8 Å². The summed E-state index contributed by atoms with van der Waals surface area (Å²) in [7, 11) is 2.19. The lowest BCUT2D eigenvalue weighted by atomic mass is 10.0. The zero-order chi connectivity index (χ0) is 25.4. The van der Waals surface area contributed by atoms with Crippen LogP contribution in [0.25, 0.3) is 16.9 Å². The third-order valence-electron chi connectivity index (χ3n) is 7.11. The van der Waals surface area contributed by atoms with E-state index in [2.05, 4.69) is 119 Å². The van der Waals surface area contributed by atoms with Crippen LogP contribution in [0.3, 0.4) is 0 Å². The van der Waals surface area contributed by atoms with E-state index in [1.165, 1.54) is 10.9 Å². The minimum absolute atomic E-state index is 0.0688. The molecule has 1 fully saturated rings. The van der Waals surface area contributed by atoms with Gasteiger partial charge in [0, 0.05) is 48.5 Å². The molecule has 4 heterocycles. The van der Waals surface area contributed by atoms with E-state index in [1.807, 2.05) is 0 Å². The number of para-hydroxylation sites is 1. The van der Waals surface area contributed by atoms with Crippen molar-refractivity contribution in [3.63, 3.8) is 0 Å². The van der Waals surface area contributed by atoms with E-state index in [-0.39, 0.29) is 6.04 Å². The summed E-state index contributed by atoms with van der Waals surface area (Å²) in [6, 6.07) is 15.0. The summed E-state index contributed by atoms with van der Waals surface area (Å²) in [6.07, 6.45) is 0.913. The highest BCUT2D eigenvalue weighted by atomic mass is 127. The van der Waals surface area contributed by atoms with Gasteiger partial charge in [-0.3, -0.25) is 4.57 Å². The molecule has 1 atom stereocenters. The van der Waals surface area contributed by atoms with E-state index in [0.29, 0.717) is 5.95 Å². The summed E-state index contributed by atoms with van der Waals surface area (Å²) >= 11 is 2.37. The SMILES string of the molecule is CCC(Nc1nc(-n2c(C)ccc2C)nc(C)c1I)c1cc2ccccc2nc1N1CCN(C)CC1. The molecule has 4 aromatic rings.